The van der Waals surface area contributed by atoms with Crippen LogP contribution in [-0.4, -0.2) is 5.96 Å². The first-order valence-corrected chi connectivity index (χ1v) is 7.35. The lowest BCUT2D eigenvalue weighted by Gasteiger charge is -2.10. The second kappa shape index (κ2) is 9.23. The molecule has 0 heterocycles. The number of anilines is 1. The molecule has 2 aromatic rings. The third-order valence-corrected chi connectivity index (χ3v) is 3.43. The van der Waals surface area contributed by atoms with Gasteiger partial charge in [0.25, 0.3) is 0 Å². The normalized spacial score (nSPS) is 10.9. The summed E-state index contributed by atoms with van der Waals surface area (Å²) in [6.07, 6.45) is 0. The Morgan fingerprint density at radius 1 is 1.29 bits per heavy atom. The molecule has 3 N–H and O–H groups in total. The highest BCUT2D eigenvalue weighted by molar-refractivity contribution is 14.0. The molecule has 0 unspecified atom stereocenters. The van der Waals surface area contributed by atoms with Crippen molar-refractivity contribution in [2.75, 3.05) is 5.32 Å². The summed E-state index contributed by atoms with van der Waals surface area (Å²) in [4.78, 5) is 4.14. The minimum atomic E-state index is -0.456. The van der Waals surface area contributed by atoms with E-state index in [1.807, 2.05) is 24.3 Å². The van der Waals surface area contributed by atoms with Crippen molar-refractivity contribution < 1.29 is 4.39 Å². The maximum Gasteiger partial charge on any atom is 0.193 e. The third-order valence-electron chi connectivity index (χ3n) is 3.43. The summed E-state index contributed by atoms with van der Waals surface area (Å²) in [6.45, 7) is 4.34. The zero-order valence-corrected chi connectivity index (χ0v) is 15.9. The maximum atomic E-state index is 13.8. The lowest BCUT2D eigenvalue weighted by molar-refractivity contribution is 0.610. The first-order valence-electron chi connectivity index (χ1n) is 7.35. The van der Waals surface area contributed by atoms with Crippen molar-refractivity contribution in [2.45, 2.75) is 26.3 Å². The quantitative estimate of drug-likeness (QED) is 0.423. The van der Waals surface area contributed by atoms with Gasteiger partial charge in [0, 0.05) is 11.3 Å². The zero-order chi connectivity index (χ0) is 16.8. The Bertz CT molecular complexity index is 766. The van der Waals surface area contributed by atoms with Gasteiger partial charge in [-0.15, -0.1) is 24.0 Å². The molecule has 6 heteroatoms. The van der Waals surface area contributed by atoms with Gasteiger partial charge in [-0.25, -0.2) is 9.38 Å². The number of nitriles is 1. The number of rotatable bonds is 4. The molecule has 4 nitrogen and oxygen atoms in total. The average Bonchev–Trinajstić information content (AvgIpc) is 2.53. The summed E-state index contributed by atoms with van der Waals surface area (Å²) in [5.74, 6) is 0.180. The van der Waals surface area contributed by atoms with Gasteiger partial charge in [0.1, 0.15) is 5.82 Å². The number of hydrogen-bond acceptors (Lipinski definition) is 2. The molecule has 2 rings (SSSR count). The molecule has 0 saturated heterocycles. The first kappa shape index (κ1) is 19.9. The van der Waals surface area contributed by atoms with E-state index >= 15 is 0 Å². The molecule has 0 spiro atoms. The molecule has 0 radical (unpaired) electrons. The van der Waals surface area contributed by atoms with Crippen LogP contribution in [0.4, 0.5) is 10.1 Å². The molecule has 0 bridgehead atoms. The number of benzene rings is 2. The Morgan fingerprint density at radius 2 is 2.04 bits per heavy atom. The van der Waals surface area contributed by atoms with Crippen LogP contribution in [0.3, 0.4) is 0 Å². The molecule has 0 atom stereocenters. The number of aliphatic imine (C=N–C) groups is 1. The Balaban J connectivity index is 0.00000288. The largest absolute Gasteiger partial charge is 0.370 e. The molecule has 2 aromatic carbocycles. The molecule has 0 aliphatic rings. The van der Waals surface area contributed by atoms with Crippen LogP contribution < -0.4 is 11.1 Å². The van der Waals surface area contributed by atoms with E-state index < -0.39 is 5.82 Å². The summed E-state index contributed by atoms with van der Waals surface area (Å²) in [5, 5.41) is 11.7. The van der Waals surface area contributed by atoms with Gasteiger partial charge in [-0.05, 0) is 35.7 Å². The molecular formula is C18H20FIN4. The zero-order valence-electron chi connectivity index (χ0n) is 13.6. The Hall–Kier alpha value is -2.14. The monoisotopic (exact) mass is 438 g/mol. The van der Waals surface area contributed by atoms with Crippen molar-refractivity contribution in [1.82, 2.24) is 0 Å². The van der Waals surface area contributed by atoms with E-state index in [1.165, 1.54) is 11.6 Å². The molecule has 0 amide bonds. The van der Waals surface area contributed by atoms with Gasteiger partial charge < -0.3 is 11.1 Å². The van der Waals surface area contributed by atoms with Gasteiger partial charge in [-0.3, -0.25) is 0 Å². The third kappa shape index (κ3) is 5.49. The average molecular weight is 438 g/mol. The second-order valence-electron chi connectivity index (χ2n) is 5.52. The van der Waals surface area contributed by atoms with E-state index in [4.69, 9.17) is 11.0 Å². The van der Waals surface area contributed by atoms with E-state index in [-0.39, 0.29) is 42.0 Å². The van der Waals surface area contributed by atoms with Gasteiger partial charge in [0.05, 0.1) is 18.2 Å². The minimum Gasteiger partial charge on any atom is -0.370 e. The van der Waals surface area contributed by atoms with Crippen molar-refractivity contribution in [2.24, 2.45) is 10.7 Å². The SMILES string of the molecule is CC(C)c1cccc(NC(N)=NCc2ccc(C#N)cc2F)c1.I. The Kier molecular flexibility index (Phi) is 7.65. The van der Waals surface area contributed by atoms with E-state index in [2.05, 4.69) is 30.2 Å². The van der Waals surface area contributed by atoms with Gasteiger partial charge in [0.2, 0.25) is 0 Å². The fourth-order valence-electron chi connectivity index (χ4n) is 2.08. The van der Waals surface area contributed by atoms with Crippen LogP contribution >= 0.6 is 24.0 Å². The van der Waals surface area contributed by atoms with Crippen LogP contribution in [0.1, 0.15) is 36.5 Å². The second-order valence-corrected chi connectivity index (χ2v) is 5.52. The van der Waals surface area contributed by atoms with Crippen molar-refractivity contribution in [1.29, 1.82) is 5.26 Å². The van der Waals surface area contributed by atoms with Crippen molar-refractivity contribution >= 4 is 35.6 Å². The van der Waals surface area contributed by atoms with Crippen LogP contribution in [-0.2, 0) is 6.54 Å². The summed E-state index contributed by atoms with van der Waals surface area (Å²) in [5.41, 5.74) is 8.57. The van der Waals surface area contributed by atoms with Crippen molar-refractivity contribution in [3.63, 3.8) is 0 Å². The first-order chi connectivity index (χ1) is 11.0. The smallest absolute Gasteiger partial charge is 0.193 e. The number of guanidine groups is 1. The summed E-state index contributed by atoms with van der Waals surface area (Å²) in [7, 11) is 0. The standard InChI is InChI=1S/C18H19FN4.HI/c1-12(2)14-4-3-5-16(9-14)23-18(21)22-11-15-7-6-13(10-20)8-17(15)19;/h3-9,12H,11H2,1-2H3,(H3,21,22,23);1H. The van der Waals surface area contributed by atoms with E-state index in [9.17, 15) is 4.39 Å². The molecule has 0 aliphatic carbocycles. The maximum absolute atomic E-state index is 13.8. The lowest BCUT2D eigenvalue weighted by atomic mass is 10.0. The number of nitrogens with zero attached hydrogens (tertiary/aromatic N) is 2. The molecule has 126 valence electrons. The number of hydrogen-bond donors (Lipinski definition) is 2. The Morgan fingerprint density at radius 3 is 2.67 bits per heavy atom. The molecule has 0 fully saturated rings. The highest BCUT2D eigenvalue weighted by atomic mass is 127. The van der Waals surface area contributed by atoms with Gasteiger partial charge in [0.15, 0.2) is 5.96 Å². The van der Waals surface area contributed by atoms with E-state index in [0.29, 0.717) is 11.5 Å². The van der Waals surface area contributed by atoms with Crippen LogP contribution in [0, 0.1) is 17.1 Å². The number of nitrogens with two attached hydrogens (primary N) is 1. The summed E-state index contributed by atoms with van der Waals surface area (Å²) >= 11 is 0. The molecular weight excluding hydrogens is 418 g/mol. The molecule has 0 aromatic heterocycles. The van der Waals surface area contributed by atoms with Crippen LogP contribution in [0.25, 0.3) is 0 Å². The fourth-order valence-corrected chi connectivity index (χ4v) is 2.08. The number of nitrogens with one attached hydrogen (secondary N) is 1. The highest BCUT2D eigenvalue weighted by Crippen LogP contribution is 2.18. The van der Waals surface area contributed by atoms with E-state index in [0.717, 1.165) is 5.69 Å². The highest BCUT2D eigenvalue weighted by Gasteiger charge is 2.04. The van der Waals surface area contributed by atoms with Crippen LogP contribution in [0.15, 0.2) is 47.5 Å². The fraction of sp³-hybridized carbons (Fsp3) is 0.222. The summed E-state index contributed by atoms with van der Waals surface area (Å²) < 4.78 is 13.8. The van der Waals surface area contributed by atoms with Gasteiger partial charge in [-0.1, -0.05) is 32.0 Å². The van der Waals surface area contributed by atoms with Crippen molar-refractivity contribution in [3.05, 3.63) is 65.0 Å². The molecule has 0 saturated carbocycles. The topological polar surface area (TPSA) is 74.2 Å². The predicted molar refractivity (Wildman–Crippen MR) is 106 cm³/mol. The minimum absolute atomic E-state index is 0. The predicted octanol–water partition coefficient (Wildman–Crippen LogP) is 4.37. The molecule has 24 heavy (non-hydrogen) atoms. The van der Waals surface area contributed by atoms with Crippen LogP contribution in [0.5, 0.6) is 0 Å². The number of halogens is 2. The van der Waals surface area contributed by atoms with Crippen molar-refractivity contribution in [3.8, 4) is 6.07 Å². The van der Waals surface area contributed by atoms with E-state index in [1.54, 1.807) is 12.1 Å². The van der Waals surface area contributed by atoms with Crippen LogP contribution in [0.2, 0.25) is 0 Å². The lowest BCUT2D eigenvalue weighted by Crippen LogP contribution is -2.22. The molecule has 0 aliphatic heterocycles. The van der Waals surface area contributed by atoms with Gasteiger partial charge >= 0.3 is 0 Å². The van der Waals surface area contributed by atoms with Gasteiger partial charge in [-0.2, -0.15) is 5.26 Å². The summed E-state index contributed by atoms with van der Waals surface area (Å²) in [6, 6.07) is 14.1. The Labute approximate surface area is 158 Å².